The molecule has 2 aromatic heterocycles. The lowest BCUT2D eigenvalue weighted by Crippen LogP contribution is -2.31. The van der Waals surface area contributed by atoms with Crippen molar-refractivity contribution < 1.29 is 9.90 Å². The van der Waals surface area contributed by atoms with E-state index in [1.54, 1.807) is 6.07 Å². The number of hydrogen-bond donors (Lipinski definition) is 1. The van der Waals surface area contributed by atoms with Gasteiger partial charge >= 0.3 is 5.97 Å². The predicted molar refractivity (Wildman–Crippen MR) is 131 cm³/mol. The van der Waals surface area contributed by atoms with Gasteiger partial charge in [0.25, 0.3) is 0 Å². The van der Waals surface area contributed by atoms with E-state index in [0.29, 0.717) is 11.6 Å². The number of pyridine rings is 1. The molecule has 2 aliphatic rings. The fraction of sp³-hybridized carbons (Fsp3) is 0.500. The quantitative estimate of drug-likeness (QED) is 0.566. The topological polar surface area (TPSA) is 74.5 Å². The van der Waals surface area contributed by atoms with Crippen LogP contribution in [0.3, 0.4) is 0 Å². The van der Waals surface area contributed by atoms with Gasteiger partial charge in [0.15, 0.2) is 11.3 Å². The van der Waals surface area contributed by atoms with Gasteiger partial charge in [-0.05, 0) is 57.0 Å². The SMILES string of the molecule is CCCCN1CCCN(c2cc(C(=O)O)nc3c2c(C2CCC2)nn3-c2ccccc2)CC1. The molecule has 1 saturated carbocycles. The molecule has 3 heterocycles. The molecule has 7 nitrogen and oxygen atoms in total. The number of carboxylic acids is 1. The van der Waals surface area contributed by atoms with E-state index in [2.05, 4.69) is 21.7 Å². The Morgan fingerprint density at radius 3 is 2.61 bits per heavy atom. The third-order valence-electron chi connectivity index (χ3n) is 7.11. The van der Waals surface area contributed by atoms with Crippen molar-refractivity contribution in [2.24, 2.45) is 0 Å². The number of carbonyl (C=O) groups is 1. The van der Waals surface area contributed by atoms with Crippen LogP contribution in [-0.2, 0) is 0 Å². The molecule has 7 heteroatoms. The lowest BCUT2D eigenvalue weighted by atomic mass is 9.82. The summed E-state index contributed by atoms with van der Waals surface area (Å²) in [6, 6.07) is 11.7. The summed E-state index contributed by atoms with van der Waals surface area (Å²) < 4.78 is 1.85. The molecular weight excluding hydrogens is 414 g/mol. The number of aromatic nitrogens is 3. The molecule has 1 aliphatic heterocycles. The fourth-order valence-electron chi connectivity index (χ4n) is 5.02. The minimum atomic E-state index is -0.997. The van der Waals surface area contributed by atoms with Crippen molar-refractivity contribution in [3.8, 4) is 5.69 Å². The zero-order valence-electron chi connectivity index (χ0n) is 19.4. The largest absolute Gasteiger partial charge is 0.477 e. The Morgan fingerprint density at radius 1 is 1.09 bits per heavy atom. The monoisotopic (exact) mass is 447 g/mol. The number of nitrogens with zero attached hydrogens (tertiary/aromatic N) is 5. The second-order valence-corrected chi connectivity index (χ2v) is 9.33. The number of aromatic carboxylic acids is 1. The Morgan fingerprint density at radius 2 is 1.91 bits per heavy atom. The van der Waals surface area contributed by atoms with Gasteiger partial charge in [-0.2, -0.15) is 5.10 Å². The van der Waals surface area contributed by atoms with E-state index in [1.165, 1.54) is 19.3 Å². The zero-order valence-corrected chi connectivity index (χ0v) is 19.4. The lowest BCUT2D eigenvalue weighted by molar-refractivity contribution is 0.0691. The van der Waals surface area contributed by atoms with Gasteiger partial charge in [-0.15, -0.1) is 0 Å². The molecular formula is C26H33N5O2. The number of fused-ring (bicyclic) bond motifs is 1. The molecule has 3 aromatic rings. The molecule has 2 fully saturated rings. The van der Waals surface area contributed by atoms with Gasteiger partial charge in [0.2, 0.25) is 0 Å². The summed E-state index contributed by atoms with van der Waals surface area (Å²) in [5.74, 6) is -0.578. The molecule has 1 N–H and O–H groups in total. The lowest BCUT2D eigenvalue weighted by Gasteiger charge is -2.27. The zero-order chi connectivity index (χ0) is 22.8. The number of unbranched alkanes of at least 4 members (excludes halogenated alkanes) is 1. The minimum Gasteiger partial charge on any atom is -0.477 e. The number of hydrogen-bond acceptors (Lipinski definition) is 5. The summed E-state index contributed by atoms with van der Waals surface area (Å²) in [5, 5.41) is 16.0. The summed E-state index contributed by atoms with van der Waals surface area (Å²) in [4.78, 5) is 21.6. The predicted octanol–water partition coefficient (Wildman–Crippen LogP) is 4.70. The highest BCUT2D eigenvalue weighted by Crippen LogP contribution is 2.42. The van der Waals surface area contributed by atoms with Gasteiger partial charge in [0.05, 0.1) is 22.5 Å². The first-order chi connectivity index (χ1) is 16.2. The summed E-state index contributed by atoms with van der Waals surface area (Å²) >= 11 is 0. The number of anilines is 1. The molecule has 0 atom stereocenters. The van der Waals surface area contributed by atoms with Gasteiger partial charge in [0, 0.05) is 25.6 Å². The van der Waals surface area contributed by atoms with Gasteiger partial charge in [0.1, 0.15) is 0 Å². The average molecular weight is 448 g/mol. The van der Waals surface area contributed by atoms with Crippen LogP contribution in [0.25, 0.3) is 16.7 Å². The molecule has 0 bridgehead atoms. The highest BCUT2D eigenvalue weighted by Gasteiger charge is 2.30. The maximum atomic E-state index is 12.1. The van der Waals surface area contributed by atoms with E-state index < -0.39 is 5.97 Å². The number of para-hydroxylation sites is 1. The second kappa shape index (κ2) is 9.51. The van der Waals surface area contributed by atoms with Crippen LogP contribution in [0.5, 0.6) is 0 Å². The Balaban J connectivity index is 1.63. The first-order valence-corrected chi connectivity index (χ1v) is 12.4. The third-order valence-corrected chi connectivity index (χ3v) is 7.11. The van der Waals surface area contributed by atoms with Crippen LogP contribution >= 0.6 is 0 Å². The van der Waals surface area contributed by atoms with Crippen LogP contribution in [0, 0.1) is 0 Å². The molecule has 1 aliphatic carbocycles. The average Bonchev–Trinajstić information content (AvgIpc) is 3.00. The molecule has 0 spiro atoms. The van der Waals surface area contributed by atoms with E-state index >= 15 is 0 Å². The van der Waals surface area contributed by atoms with E-state index in [9.17, 15) is 9.90 Å². The van der Waals surface area contributed by atoms with Crippen molar-refractivity contribution in [2.75, 3.05) is 37.6 Å². The molecule has 0 amide bonds. The highest BCUT2D eigenvalue weighted by molar-refractivity contribution is 5.98. The molecule has 0 unspecified atom stereocenters. The van der Waals surface area contributed by atoms with Gasteiger partial charge in [-0.25, -0.2) is 14.5 Å². The maximum Gasteiger partial charge on any atom is 0.354 e. The first-order valence-electron chi connectivity index (χ1n) is 12.4. The van der Waals surface area contributed by atoms with Crippen LogP contribution in [0.2, 0.25) is 0 Å². The summed E-state index contributed by atoms with van der Waals surface area (Å²) in [6.07, 6.45) is 6.98. The van der Waals surface area contributed by atoms with Gasteiger partial charge in [-0.3, -0.25) is 0 Å². The number of benzene rings is 1. The van der Waals surface area contributed by atoms with E-state index in [4.69, 9.17) is 5.10 Å². The molecule has 33 heavy (non-hydrogen) atoms. The van der Waals surface area contributed by atoms with Crippen molar-refractivity contribution >= 4 is 22.7 Å². The Kier molecular flexibility index (Phi) is 6.31. The molecule has 0 radical (unpaired) electrons. The van der Waals surface area contributed by atoms with Gasteiger partial charge in [-0.1, -0.05) is 38.0 Å². The Hall–Kier alpha value is -2.93. The van der Waals surface area contributed by atoms with Crippen molar-refractivity contribution in [3.05, 3.63) is 47.8 Å². The van der Waals surface area contributed by atoms with Crippen molar-refractivity contribution in [3.63, 3.8) is 0 Å². The number of carboxylic acid groups (broad SMARTS) is 1. The smallest absolute Gasteiger partial charge is 0.354 e. The first kappa shape index (κ1) is 21.9. The van der Waals surface area contributed by atoms with E-state index in [0.717, 1.165) is 74.4 Å². The van der Waals surface area contributed by atoms with Gasteiger partial charge < -0.3 is 14.9 Å². The molecule has 1 aromatic carbocycles. The Labute approximate surface area is 195 Å². The van der Waals surface area contributed by atoms with Crippen molar-refractivity contribution in [2.45, 2.75) is 51.4 Å². The summed E-state index contributed by atoms with van der Waals surface area (Å²) in [5.41, 5.74) is 3.72. The summed E-state index contributed by atoms with van der Waals surface area (Å²) in [7, 11) is 0. The van der Waals surface area contributed by atoms with E-state index in [1.807, 2.05) is 35.0 Å². The normalized spacial score (nSPS) is 17.8. The minimum absolute atomic E-state index is 0.0850. The molecule has 1 saturated heterocycles. The standard InChI is InChI=1S/C26H33N5O2/c1-2-3-13-29-14-8-15-30(17-16-29)22-18-21(26(32)33)27-25-23(22)24(19-9-7-10-19)28-31(25)20-11-5-4-6-12-20/h4-6,11-12,18-19H,2-3,7-10,13-17H2,1H3,(H,32,33). The van der Waals surface area contributed by atoms with E-state index in [-0.39, 0.29) is 5.69 Å². The maximum absolute atomic E-state index is 12.1. The van der Waals surface area contributed by atoms with Crippen LogP contribution in [0.4, 0.5) is 5.69 Å². The fourth-order valence-corrected chi connectivity index (χ4v) is 5.02. The molecule has 174 valence electrons. The van der Waals surface area contributed by atoms with Crippen LogP contribution in [0.1, 0.15) is 67.5 Å². The highest BCUT2D eigenvalue weighted by atomic mass is 16.4. The van der Waals surface area contributed by atoms with Crippen LogP contribution in [-0.4, -0.2) is 63.5 Å². The third kappa shape index (κ3) is 4.34. The molecule has 5 rings (SSSR count). The Bertz CT molecular complexity index is 1120. The second-order valence-electron chi connectivity index (χ2n) is 9.33. The van der Waals surface area contributed by atoms with Crippen molar-refractivity contribution in [1.82, 2.24) is 19.7 Å². The van der Waals surface area contributed by atoms with Crippen molar-refractivity contribution in [1.29, 1.82) is 0 Å². The number of rotatable bonds is 7. The van der Waals surface area contributed by atoms with Crippen LogP contribution < -0.4 is 4.90 Å². The summed E-state index contributed by atoms with van der Waals surface area (Å²) in [6.45, 7) is 7.27. The van der Waals surface area contributed by atoms with Crippen LogP contribution in [0.15, 0.2) is 36.4 Å².